The number of hydrogen-bond acceptors (Lipinski definition) is 3. The zero-order valence-corrected chi connectivity index (χ0v) is 14.3. The number of hydrogen-bond donors (Lipinski definition) is 1. The number of rotatable bonds is 4. The van der Waals surface area contributed by atoms with Gasteiger partial charge in [-0.05, 0) is 18.2 Å². The molecule has 5 heteroatoms. The molecule has 2 aliphatic rings. The van der Waals surface area contributed by atoms with Crippen molar-refractivity contribution in [1.82, 2.24) is 4.90 Å². The Morgan fingerprint density at radius 2 is 1.65 bits per heavy atom. The van der Waals surface area contributed by atoms with Crippen molar-refractivity contribution in [2.45, 2.75) is 5.66 Å². The van der Waals surface area contributed by atoms with E-state index in [9.17, 15) is 9.59 Å². The molecule has 130 valence electrons. The fourth-order valence-corrected chi connectivity index (χ4v) is 3.81. The summed E-state index contributed by atoms with van der Waals surface area (Å²) in [6, 6.07) is 14.8. The third-order valence-corrected chi connectivity index (χ3v) is 4.89. The number of para-hydroxylation sites is 2. The number of nitrogens with zero attached hydrogens (tertiary/aromatic N) is 2. The number of amides is 2. The summed E-state index contributed by atoms with van der Waals surface area (Å²) in [5, 5.41) is 3.36. The van der Waals surface area contributed by atoms with Crippen molar-refractivity contribution in [1.29, 1.82) is 0 Å². The maximum Gasteiger partial charge on any atom is 0.279 e. The summed E-state index contributed by atoms with van der Waals surface area (Å²) >= 11 is 0. The summed E-state index contributed by atoms with van der Waals surface area (Å²) in [6.07, 6.45) is 3.32. The highest BCUT2D eigenvalue weighted by Crippen LogP contribution is 2.47. The number of carbonyl (C=O) groups is 2. The predicted molar refractivity (Wildman–Crippen MR) is 102 cm³/mol. The number of anilines is 2. The summed E-state index contributed by atoms with van der Waals surface area (Å²) in [7, 11) is 0. The normalized spacial score (nSPS) is 20.6. The highest BCUT2D eigenvalue weighted by atomic mass is 16.2. The van der Waals surface area contributed by atoms with Crippen LogP contribution in [0.1, 0.15) is 15.9 Å². The quantitative estimate of drug-likeness (QED) is 0.866. The molecule has 4 rings (SSSR count). The molecule has 2 aromatic carbocycles. The third kappa shape index (κ3) is 1.97. The number of carbonyl (C=O) groups excluding carboxylic acids is 2. The van der Waals surface area contributed by atoms with Crippen LogP contribution in [0.5, 0.6) is 0 Å². The Hall–Kier alpha value is -3.34. The van der Waals surface area contributed by atoms with Gasteiger partial charge in [0.15, 0.2) is 0 Å². The minimum atomic E-state index is -1.28. The van der Waals surface area contributed by atoms with E-state index in [1.807, 2.05) is 42.5 Å². The Morgan fingerprint density at radius 3 is 2.42 bits per heavy atom. The van der Waals surface area contributed by atoms with Gasteiger partial charge in [0.05, 0.1) is 11.3 Å². The van der Waals surface area contributed by atoms with E-state index in [0.29, 0.717) is 17.8 Å². The molecule has 1 atom stereocenters. The lowest BCUT2D eigenvalue weighted by molar-refractivity contribution is -0.127. The molecule has 0 aromatic heterocycles. The van der Waals surface area contributed by atoms with Crippen LogP contribution in [0.15, 0.2) is 73.8 Å². The van der Waals surface area contributed by atoms with Crippen molar-refractivity contribution in [3.05, 3.63) is 85.0 Å². The molecule has 0 saturated heterocycles. The van der Waals surface area contributed by atoms with E-state index in [1.54, 1.807) is 28.0 Å². The van der Waals surface area contributed by atoms with Gasteiger partial charge in [-0.15, -0.1) is 13.2 Å². The van der Waals surface area contributed by atoms with E-state index < -0.39 is 5.66 Å². The monoisotopic (exact) mass is 345 g/mol. The van der Waals surface area contributed by atoms with Gasteiger partial charge in [0.2, 0.25) is 5.66 Å². The zero-order valence-electron chi connectivity index (χ0n) is 14.3. The molecule has 1 spiro atoms. The molecular formula is C21H19N3O2. The van der Waals surface area contributed by atoms with E-state index in [0.717, 1.165) is 11.3 Å². The average molecular weight is 345 g/mol. The van der Waals surface area contributed by atoms with Crippen LogP contribution in [0.4, 0.5) is 11.4 Å². The van der Waals surface area contributed by atoms with Crippen molar-refractivity contribution in [3.8, 4) is 0 Å². The van der Waals surface area contributed by atoms with Crippen LogP contribution in [-0.2, 0) is 10.5 Å². The van der Waals surface area contributed by atoms with Gasteiger partial charge in [-0.3, -0.25) is 14.5 Å². The number of nitrogens with one attached hydrogen (secondary N) is 1. The molecule has 26 heavy (non-hydrogen) atoms. The number of benzene rings is 2. The van der Waals surface area contributed by atoms with E-state index in [4.69, 9.17) is 0 Å². The van der Waals surface area contributed by atoms with Crippen LogP contribution in [0.25, 0.3) is 0 Å². The van der Waals surface area contributed by atoms with Crippen LogP contribution >= 0.6 is 0 Å². The van der Waals surface area contributed by atoms with Crippen LogP contribution in [0.2, 0.25) is 0 Å². The number of fused-ring (bicyclic) bond motifs is 3. The molecule has 2 heterocycles. The summed E-state index contributed by atoms with van der Waals surface area (Å²) in [6.45, 7) is 8.16. The van der Waals surface area contributed by atoms with E-state index in [-0.39, 0.29) is 18.4 Å². The van der Waals surface area contributed by atoms with Crippen LogP contribution in [-0.4, -0.2) is 29.8 Å². The van der Waals surface area contributed by atoms with Crippen molar-refractivity contribution < 1.29 is 9.59 Å². The summed E-state index contributed by atoms with van der Waals surface area (Å²) < 4.78 is 0. The summed E-state index contributed by atoms with van der Waals surface area (Å²) in [5.41, 5.74) is 1.47. The fraction of sp³-hybridized carbons (Fsp3) is 0.143. The first-order chi connectivity index (χ1) is 12.6. The second-order valence-corrected chi connectivity index (χ2v) is 6.31. The van der Waals surface area contributed by atoms with Crippen LogP contribution in [0.3, 0.4) is 0 Å². The van der Waals surface area contributed by atoms with E-state index in [1.165, 1.54) is 0 Å². The Morgan fingerprint density at radius 1 is 0.962 bits per heavy atom. The maximum absolute atomic E-state index is 13.6. The van der Waals surface area contributed by atoms with Gasteiger partial charge < -0.3 is 10.2 Å². The first-order valence-electron chi connectivity index (χ1n) is 8.47. The van der Waals surface area contributed by atoms with Gasteiger partial charge in [-0.2, -0.15) is 0 Å². The molecule has 0 bridgehead atoms. The minimum absolute atomic E-state index is 0.191. The molecule has 2 aliphatic heterocycles. The fourth-order valence-electron chi connectivity index (χ4n) is 3.81. The second-order valence-electron chi connectivity index (χ2n) is 6.31. The lowest BCUT2D eigenvalue weighted by Crippen LogP contribution is -2.62. The van der Waals surface area contributed by atoms with Crippen molar-refractivity contribution >= 4 is 23.2 Å². The highest BCUT2D eigenvalue weighted by molar-refractivity contribution is 6.15. The lowest BCUT2D eigenvalue weighted by Gasteiger charge is -2.44. The van der Waals surface area contributed by atoms with Gasteiger partial charge in [-0.25, -0.2) is 0 Å². The molecule has 0 unspecified atom stereocenters. The molecule has 5 nitrogen and oxygen atoms in total. The van der Waals surface area contributed by atoms with Gasteiger partial charge in [-0.1, -0.05) is 42.5 Å². The molecule has 2 aromatic rings. The largest absolute Gasteiger partial charge is 0.350 e. The SMILES string of the molecule is C=CCN1C(=O)[C@@]2(Nc3ccccc3C(=O)N2CC=C)c2ccccc21. The first kappa shape index (κ1) is 16.1. The molecule has 1 N–H and O–H groups in total. The van der Waals surface area contributed by atoms with Gasteiger partial charge in [0.25, 0.3) is 11.8 Å². The summed E-state index contributed by atoms with van der Waals surface area (Å²) in [4.78, 5) is 30.0. The van der Waals surface area contributed by atoms with Crippen molar-refractivity contribution in [3.63, 3.8) is 0 Å². The third-order valence-electron chi connectivity index (χ3n) is 4.89. The summed E-state index contributed by atoms with van der Waals surface area (Å²) in [5.74, 6) is -0.383. The van der Waals surface area contributed by atoms with Gasteiger partial charge >= 0.3 is 0 Å². The molecule has 0 aliphatic carbocycles. The standard InChI is InChI=1S/C21H19N3O2/c1-3-13-23-18-12-8-6-10-16(18)21(20(23)26)22-17-11-7-5-9-15(17)19(25)24(21)14-4-2/h3-12,22H,1-2,13-14H2/t21-/m1/s1. The minimum Gasteiger partial charge on any atom is -0.350 e. The smallest absolute Gasteiger partial charge is 0.279 e. The predicted octanol–water partition coefficient (Wildman–Crippen LogP) is 3.13. The Balaban J connectivity index is 1.98. The van der Waals surface area contributed by atoms with Gasteiger partial charge in [0.1, 0.15) is 0 Å². The molecule has 2 amide bonds. The molecule has 0 fully saturated rings. The molecular weight excluding hydrogens is 326 g/mol. The van der Waals surface area contributed by atoms with Crippen LogP contribution in [0, 0.1) is 0 Å². The second kappa shape index (κ2) is 5.88. The molecule has 0 saturated carbocycles. The van der Waals surface area contributed by atoms with E-state index >= 15 is 0 Å². The van der Waals surface area contributed by atoms with Gasteiger partial charge in [0, 0.05) is 24.3 Å². The zero-order chi connectivity index (χ0) is 18.3. The van der Waals surface area contributed by atoms with Crippen molar-refractivity contribution in [2.24, 2.45) is 0 Å². The highest BCUT2D eigenvalue weighted by Gasteiger charge is 2.58. The Bertz CT molecular complexity index is 936. The van der Waals surface area contributed by atoms with Crippen LogP contribution < -0.4 is 10.2 Å². The Labute approximate surface area is 152 Å². The molecule has 0 radical (unpaired) electrons. The Kier molecular flexibility index (Phi) is 3.65. The lowest BCUT2D eigenvalue weighted by atomic mass is 9.93. The van der Waals surface area contributed by atoms with E-state index in [2.05, 4.69) is 18.5 Å². The topological polar surface area (TPSA) is 52.7 Å². The average Bonchev–Trinajstić information content (AvgIpc) is 2.89. The first-order valence-corrected chi connectivity index (χ1v) is 8.47. The van der Waals surface area contributed by atoms with Crippen molar-refractivity contribution in [2.75, 3.05) is 23.3 Å². The maximum atomic E-state index is 13.6.